The molecule has 5 rings (SSSR count). The van der Waals surface area contributed by atoms with E-state index in [0.29, 0.717) is 22.4 Å². The SMILES string of the molecule is CC(Nc1nc(=NC2CC2)n2ncc(=Cc3[nH]c(=O)[nH]c3O)c2n1)c1ccccc1. The van der Waals surface area contributed by atoms with Crippen LogP contribution in [-0.2, 0) is 0 Å². The molecule has 10 nitrogen and oxygen atoms in total. The first-order valence-corrected chi connectivity index (χ1v) is 9.71. The Morgan fingerprint density at radius 2 is 2.07 bits per heavy atom. The summed E-state index contributed by atoms with van der Waals surface area (Å²) in [6, 6.07) is 10.3. The maximum atomic E-state index is 11.4. The Morgan fingerprint density at radius 1 is 1.27 bits per heavy atom. The van der Waals surface area contributed by atoms with Crippen LogP contribution in [0.25, 0.3) is 11.7 Å². The molecule has 0 spiro atoms. The van der Waals surface area contributed by atoms with Gasteiger partial charge in [0.1, 0.15) is 5.69 Å². The molecule has 10 heteroatoms. The number of anilines is 1. The van der Waals surface area contributed by atoms with Gasteiger partial charge in [0, 0.05) is 5.22 Å². The summed E-state index contributed by atoms with van der Waals surface area (Å²) in [5.41, 5.74) is 1.86. The van der Waals surface area contributed by atoms with Crippen LogP contribution in [0.2, 0.25) is 0 Å². The van der Waals surface area contributed by atoms with E-state index < -0.39 is 5.69 Å². The molecule has 152 valence electrons. The average Bonchev–Trinajstić information content (AvgIpc) is 3.37. The standard InChI is InChI=1S/C20H20N8O2/c1-11(12-5-3-2-4-6-12)22-18-25-16-13(9-15-17(29)26-20(30)24-15)10-21-28(16)19(27-18)23-14-7-8-14/h2-6,9-11,14,29H,7-8H2,1H3,(H,22,23,27)(H2,24,26,30). The van der Waals surface area contributed by atoms with E-state index in [9.17, 15) is 9.90 Å². The molecule has 4 aromatic rings. The second-order valence-electron chi connectivity index (χ2n) is 7.31. The summed E-state index contributed by atoms with van der Waals surface area (Å²) in [6.07, 6.45) is 5.28. The molecular weight excluding hydrogens is 384 g/mol. The van der Waals surface area contributed by atoms with Crippen molar-refractivity contribution >= 4 is 17.7 Å². The molecule has 1 aliphatic rings. The predicted octanol–water partition coefficient (Wildman–Crippen LogP) is 0.630. The summed E-state index contributed by atoms with van der Waals surface area (Å²) in [7, 11) is 0. The lowest BCUT2D eigenvalue weighted by atomic mass is 10.1. The van der Waals surface area contributed by atoms with E-state index in [1.165, 1.54) is 0 Å². The first-order valence-electron chi connectivity index (χ1n) is 9.71. The molecule has 0 aliphatic heterocycles. The predicted molar refractivity (Wildman–Crippen MR) is 110 cm³/mol. The van der Waals surface area contributed by atoms with Crippen LogP contribution >= 0.6 is 0 Å². The highest BCUT2D eigenvalue weighted by Gasteiger charge is 2.21. The van der Waals surface area contributed by atoms with Gasteiger partial charge in [-0.25, -0.2) is 9.79 Å². The van der Waals surface area contributed by atoms with Crippen LogP contribution in [0.1, 0.15) is 37.1 Å². The number of imidazole rings is 1. The van der Waals surface area contributed by atoms with Crippen LogP contribution in [0.3, 0.4) is 0 Å². The summed E-state index contributed by atoms with van der Waals surface area (Å²) in [5.74, 6) is 0.188. The summed E-state index contributed by atoms with van der Waals surface area (Å²) < 4.78 is 1.57. The molecule has 0 bridgehead atoms. The third-order valence-electron chi connectivity index (χ3n) is 4.90. The Morgan fingerprint density at radius 3 is 2.77 bits per heavy atom. The van der Waals surface area contributed by atoms with E-state index in [1.807, 2.05) is 37.3 Å². The van der Waals surface area contributed by atoms with Gasteiger partial charge in [-0.2, -0.15) is 19.6 Å². The second-order valence-corrected chi connectivity index (χ2v) is 7.31. The summed E-state index contributed by atoms with van der Waals surface area (Å²) in [6.45, 7) is 2.03. The number of aromatic nitrogens is 6. The minimum absolute atomic E-state index is 0.0113. The zero-order chi connectivity index (χ0) is 20.7. The van der Waals surface area contributed by atoms with Gasteiger partial charge >= 0.3 is 5.69 Å². The lowest BCUT2D eigenvalue weighted by molar-refractivity contribution is 0.454. The smallest absolute Gasteiger partial charge is 0.326 e. The van der Waals surface area contributed by atoms with E-state index >= 15 is 0 Å². The lowest BCUT2D eigenvalue weighted by Crippen LogP contribution is -2.25. The van der Waals surface area contributed by atoms with Gasteiger partial charge in [0.25, 0.3) is 5.62 Å². The van der Waals surface area contributed by atoms with Crippen LogP contribution < -0.4 is 21.8 Å². The van der Waals surface area contributed by atoms with Gasteiger partial charge in [-0.3, -0.25) is 4.98 Å². The number of hydrogen-bond donors (Lipinski definition) is 4. The summed E-state index contributed by atoms with van der Waals surface area (Å²) in [5, 5.41) is 18.2. The number of aromatic amines is 2. The Hall–Kier alpha value is -3.95. The number of aromatic hydroxyl groups is 1. The van der Waals surface area contributed by atoms with Gasteiger partial charge in [0.05, 0.1) is 18.3 Å². The van der Waals surface area contributed by atoms with Crippen molar-refractivity contribution < 1.29 is 5.11 Å². The monoisotopic (exact) mass is 404 g/mol. The van der Waals surface area contributed by atoms with Crippen molar-refractivity contribution in [2.75, 3.05) is 5.32 Å². The molecule has 1 aliphatic carbocycles. The van der Waals surface area contributed by atoms with Gasteiger partial charge in [0.2, 0.25) is 11.8 Å². The number of nitrogens with one attached hydrogen (secondary N) is 3. The van der Waals surface area contributed by atoms with Gasteiger partial charge in [-0.05, 0) is 31.4 Å². The highest BCUT2D eigenvalue weighted by molar-refractivity contribution is 5.57. The molecule has 1 fully saturated rings. The maximum Gasteiger partial charge on any atom is 0.326 e. The van der Waals surface area contributed by atoms with Crippen LogP contribution in [0.4, 0.5) is 5.95 Å². The second kappa shape index (κ2) is 7.14. The van der Waals surface area contributed by atoms with Gasteiger partial charge in [0.15, 0.2) is 5.65 Å². The number of nitrogens with zero attached hydrogens (tertiary/aromatic N) is 5. The molecule has 0 radical (unpaired) electrons. The van der Waals surface area contributed by atoms with Gasteiger partial charge in [-0.1, -0.05) is 30.3 Å². The maximum absolute atomic E-state index is 11.4. The average molecular weight is 404 g/mol. The number of hydrogen-bond acceptors (Lipinski definition) is 7. The van der Waals surface area contributed by atoms with E-state index in [4.69, 9.17) is 0 Å². The fourth-order valence-corrected chi connectivity index (χ4v) is 3.16. The highest BCUT2D eigenvalue weighted by atomic mass is 16.3. The largest absolute Gasteiger partial charge is 0.493 e. The normalized spacial score (nSPS) is 16.3. The first-order chi connectivity index (χ1) is 14.6. The Bertz CT molecular complexity index is 1380. The van der Waals surface area contributed by atoms with Crippen molar-refractivity contribution in [1.82, 2.24) is 29.5 Å². The van der Waals surface area contributed by atoms with Crippen molar-refractivity contribution in [1.29, 1.82) is 0 Å². The van der Waals surface area contributed by atoms with Gasteiger partial charge in [-0.15, -0.1) is 0 Å². The van der Waals surface area contributed by atoms with Crippen molar-refractivity contribution in [3.63, 3.8) is 0 Å². The lowest BCUT2D eigenvalue weighted by Gasteiger charge is -2.14. The molecule has 30 heavy (non-hydrogen) atoms. The van der Waals surface area contributed by atoms with E-state index in [0.717, 1.165) is 18.4 Å². The molecule has 0 amide bonds. The molecule has 1 unspecified atom stereocenters. The number of H-pyrrole nitrogens is 2. The Balaban J connectivity index is 1.63. The number of rotatable bonds is 5. The molecule has 3 heterocycles. The van der Waals surface area contributed by atoms with Crippen molar-refractivity contribution in [3.05, 3.63) is 69.1 Å². The summed E-state index contributed by atoms with van der Waals surface area (Å²) in [4.78, 5) is 30.1. The molecule has 3 aromatic heterocycles. The Kier molecular flexibility index (Phi) is 4.31. The molecular formula is C20H20N8O2. The van der Waals surface area contributed by atoms with Crippen molar-refractivity contribution in [2.45, 2.75) is 31.8 Å². The summed E-state index contributed by atoms with van der Waals surface area (Å²) >= 11 is 0. The fourth-order valence-electron chi connectivity index (χ4n) is 3.16. The molecule has 1 atom stereocenters. The van der Waals surface area contributed by atoms with Crippen molar-refractivity contribution in [2.24, 2.45) is 4.99 Å². The van der Waals surface area contributed by atoms with Crippen LogP contribution in [-0.4, -0.2) is 40.7 Å². The zero-order valence-electron chi connectivity index (χ0n) is 16.2. The topological polar surface area (TPSA) is 136 Å². The number of benzene rings is 1. The van der Waals surface area contributed by atoms with E-state index in [1.54, 1.807) is 16.8 Å². The third kappa shape index (κ3) is 3.54. The molecule has 0 saturated heterocycles. The minimum atomic E-state index is -0.492. The number of fused-ring (bicyclic) bond motifs is 1. The van der Waals surface area contributed by atoms with E-state index in [-0.39, 0.29) is 23.7 Å². The molecule has 4 N–H and O–H groups in total. The van der Waals surface area contributed by atoms with Crippen LogP contribution in [0.5, 0.6) is 5.88 Å². The van der Waals surface area contributed by atoms with E-state index in [2.05, 4.69) is 35.3 Å². The third-order valence-corrected chi connectivity index (χ3v) is 4.90. The minimum Gasteiger partial charge on any atom is -0.493 e. The Labute approximate surface area is 170 Å². The zero-order valence-corrected chi connectivity index (χ0v) is 16.2. The fraction of sp³-hybridized carbons (Fsp3) is 0.250. The van der Waals surface area contributed by atoms with Crippen LogP contribution in [0, 0.1) is 0 Å². The van der Waals surface area contributed by atoms with Crippen LogP contribution in [0.15, 0.2) is 46.3 Å². The molecule has 1 aromatic carbocycles. The van der Waals surface area contributed by atoms with Gasteiger partial charge < -0.3 is 15.4 Å². The van der Waals surface area contributed by atoms with Crippen molar-refractivity contribution in [3.8, 4) is 5.88 Å². The molecule has 1 saturated carbocycles. The highest BCUT2D eigenvalue weighted by Crippen LogP contribution is 2.22. The first kappa shape index (κ1) is 18.1. The quantitative estimate of drug-likeness (QED) is 0.385.